The lowest BCUT2D eigenvalue weighted by Crippen LogP contribution is -2.39. The molecule has 4 nitrogen and oxygen atoms in total. The number of hydrogen-bond acceptors (Lipinski definition) is 3. The molecule has 0 radical (unpaired) electrons. The number of carbonyl (C=O) groups excluding carboxylic acids is 1. The van der Waals surface area contributed by atoms with Gasteiger partial charge in [0.05, 0.1) is 0 Å². The van der Waals surface area contributed by atoms with E-state index in [4.69, 9.17) is 0 Å². The minimum absolute atomic E-state index is 0.325. The molecule has 2 aliphatic heterocycles. The van der Waals surface area contributed by atoms with Crippen LogP contribution in [0.5, 0.6) is 0 Å². The number of hydrogen-bond donors (Lipinski definition) is 1. The van der Waals surface area contributed by atoms with Crippen molar-refractivity contribution >= 4 is 5.91 Å². The second kappa shape index (κ2) is 7.10. The van der Waals surface area contributed by atoms with Crippen molar-refractivity contribution in [3.8, 4) is 0 Å². The van der Waals surface area contributed by atoms with E-state index in [2.05, 4.69) is 22.0 Å². The van der Waals surface area contributed by atoms with Crippen molar-refractivity contribution in [2.45, 2.75) is 45.1 Å². The fourth-order valence-electron chi connectivity index (χ4n) is 2.96. The highest BCUT2D eigenvalue weighted by molar-refractivity contribution is 5.76. The first-order valence-corrected chi connectivity index (χ1v) is 7.49. The maximum Gasteiger partial charge on any atom is 0.223 e. The Labute approximate surface area is 111 Å². The molecule has 2 aliphatic rings. The summed E-state index contributed by atoms with van der Waals surface area (Å²) in [7, 11) is 0. The van der Waals surface area contributed by atoms with E-state index in [1.807, 2.05) is 0 Å². The molecule has 104 valence electrons. The number of carbonyl (C=O) groups is 1. The molecule has 0 unspecified atom stereocenters. The first-order valence-electron chi connectivity index (χ1n) is 7.49. The molecule has 2 heterocycles. The van der Waals surface area contributed by atoms with Gasteiger partial charge in [-0.1, -0.05) is 6.42 Å². The molecule has 18 heavy (non-hydrogen) atoms. The topological polar surface area (TPSA) is 35.6 Å². The summed E-state index contributed by atoms with van der Waals surface area (Å²) < 4.78 is 0. The Kier molecular flexibility index (Phi) is 5.45. The SMILES string of the molecule is C[C@@H]1CN(CCCN2CCCCC2)C(=O)CCN1. The van der Waals surface area contributed by atoms with Gasteiger partial charge in [-0.25, -0.2) is 0 Å². The van der Waals surface area contributed by atoms with Gasteiger partial charge in [-0.2, -0.15) is 0 Å². The zero-order chi connectivity index (χ0) is 12.8. The van der Waals surface area contributed by atoms with E-state index in [1.54, 1.807) is 0 Å². The van der Waals surface area contributed by atoms with E-state index in [-0.39, 0.29) is 0 Å². The lowest BCUT2D eigenvalue weighted by Gasteiger charge is -2.28. The molecule has 2 fully saturated rings. The van der Waals surface area contributed by atoms with Gasteiger partial charge >= 0.3 is 0 Å². The largest absolute Gasteiger partial charge is 0.341 e. The van der Waals surface area contributed by atoms with Gasteiger partial charge in [-0.15, -0.1) is 0 Å². The Morgan fingerprint density at radius 3 is 2.78 bits per heavy atom. The van der Waals surface area contributed by atoms with Crippen molar-refractivity contribution < 1.29 is 4.79 Å². The van der Waals surface area contributed by atoms with E-state index in [0.29, 0.717) is 18.4 Å². The molecule has 0 spiro atoms. The summed E-state index contributed by atoms with van der Waals surface area (Å²) in [5.41, 5.74) is 0. The van der Waals surface area contributed by atoms with Crippen molar-refractivity contribution in [3.63, 3.8) is 0 Å². The van der Waals surface area contributed by atoms with Crippen molar-refractivity contribution in [3.05, 3.63) is 0 Å². The molecule has 0 bridgehead atoms. The molecule has 2 saturated heterocycles. The fraction of sp³-hybridized carbons (Fsp3) is 0.929. The summed E-state index contributed by atoms with van der Waals surface area (Å²) in [6, 6.07) is 0.437. The zero-order valence-electron chi connectivity index (χ0n) is 11.7. The van der Waals surface area contributed by atoms with Crippen LogP contribution in [0.25, 0.3) is 0 Å². The van der Waals surface area contributed by atoms with Crippen LogP contribution in [0.15, 0.2) is 0 Å². The molecule has 4 heteroatoms. The van der Waals surface area contributed by atoms with Crippen LogP contribution in [0, 0.1) is 0 Å². The molecule has 2 rings (SSSR count). The number of nitrogens with zero attached hydrogens (tertiary/aromatic N) is 2. The van der Waals surface area contributed by atoms with Crippen LogP contribution in [0.3, 0.4) is 0 Å². The third-order valence-electron chi connectivity index (χ3n) is 4.03. The van der Waals surface area contributed by atoms with E-state index in [0.717, 1.165) is 32.6 Å². The van der Waals surface area contributed by atoms with E-state index >= 15 is 0 Å². The molecule has 0 aromatic heterocycles. The quantitative estimate of drug-likeness (QED) is 0.814. The van der Waals surface area contributed by atoms with Crippen LogP contribution >= 0.6 is 0 Å². The summed E-state index contributed by atoms with van der Waals surface area (Å²) in [6.45, 7) is 8.47. The Balaban J connectivity index is 1.69. The van der Waals surface area contributed by atoms with E-state index in [1.165, 1.54) is 32.4 Å². The molecule has 0 aromatic rings. The predicted molar refractivity (Wildman–Crippen MR) is 73.6 cm³/mol. The van der Waals surface area contributed by atoms with Gasteiger partial charge in [0.15, 0.2) is 0 Å². The van der Waals surface area contributed by atoms with E-state index < -0.39 is 0 Å². The van der Waals surface area contributed by atoms with Crippen LogP contribution in [-0.2, 0) is 4.79 Å². The Morgan fingerprint density at radius 2 is 2.00 bits per heavy atom. The van der Waals surface area contributed by atoms with Crippen LogP contribution in [0.2, 0.25) is 0 Å². The van der Waals surface area contributed by atoms with Crippen LogP contribution in [0.1, 0.15) is 39.0 Å². The molecular formula is C14H27N3O. The molecule has 1 atom stereocenters. The van der Waals surface area contributed by atoms with Gasteiger partial charge in [0.25, 0.3) is 0 Å². The molecule has 0 aliphatic carbocycles. The third-order valence-corrected chi connectivity index (χ3v) is 4.03. The van der Waals surface area contributed by atoms with Gasteiger partial charge in [-0.05, 0) is 45.8 Å². The molecule has 1 N–H and O–H groups in total. The highest BCUT2D eigenvalue weighted by Crippen LogP contribution is 2.09. The van der Waals surface area contributed by atoms with Crippen molar-refractivity contribution in [1.29, 1.82) is 0 Å². The Hall–Kier alpha value is -0.610. The minimum Gasteiger partial charge on any atom is -0.341 e. The fourth-order valence-corrected chi connectivity index (χ4v) is 2.96. The van der Waals surface area contributed by atoms with Gasteiger partial charge in [0.1, 0.15) is 0 Å². The predicted octanol–water partition coefficient (Wildman–Crippen LogP) is 1.07. The number of likely N-dealkylation sites (tertiary alicyclic amines) is 1. The standard InChI is InChI=1S/C14H27N3O/c1-13-12-17(14(18)6-7-15-13)11-5-10-16-8-3-2-4-9-16/h13,15H,2-12H2,1H3/t13-/m1/s1. The zero-order valence-corrected chi connectivity index (χ0v) is 11.7. The Morgan fingerprint density at radius 1 is 1.22 bits per heavy atom. The smallest absolute Gasteiger partial charge is 0.223 e. The van der Waals surface area contributed by atoms with Crippen LogP contribution in [-0.4, -0.2) is 61.0 Å². The lowest BCUT2D eigenvalue weighted by atomic mass is 10.1. The van der Waals surface area contributed by atoms with Gasteiger partial charge in [-0.3, -0.25) is 4.79 Å². The monoisotopic (exact) mass is 253 g/mol. The van der Waals surface area contributed by atoms with Crippen molar-refractivity contribution in [1.82, 2.24) is 15.1 Å². The molecule has 0 aromatic carbocycles. The summed E-state index contributed by atoms with van der Waals surface area (Å²) in [4.78, 5) is 16.5. The van der Waals surface area contributed by atoms with E-state index in [9.17, 15) is 4.79 Å². The van der Waals surface area contributed by atoms with Crippen LogP contribution < -0.4 is 5.32 Å². The Bertz CT molecular complexity index is 264. The lowest BCUT2D eigenvalue weighted by molar-refractivity contribution is -0.130. The van der Waals surface area contributed by atoms with Crippen molar-refractivity contribution in [2.24, 2.45) is 0 Å². The average molecular weight is 253 g/mol. The summed E-state index contributed by atoms with van der Waals surface area (Å²) in [6.07, 6.45) is 5.88. The third kappa shape index (κ3) is 4.25. The maximum absolute atomic E-state index is 11.9. The summed E-state index contributed by atoms with van der Waals surface area (Å²) in [5, 5.41) is 3.37. The van der Waals surface area contributed by atoms with Gasteiger partial charge < -0.3 is 15.1 Å². The first kappa shape index (κ1) is 13.8. The highest BCUT2D eigenvalue weighted by atomic mass is 16.2. The normalized spacial score (nSPS) is 27.3. The van der Waals surface area contributed by atoms with Crippen LogP contribution in [0.4, 0.5) is 0 Å². The van der Waals surface area contributed by atoms with Gasteiger partial charge in [0, 0.05) is 32.1 Å². The minimum atomic E-state index is 0.325. The molecular weight excluding hydrogens is 226 g/mol. The second-order valence-corrected chi connectivity index (χ2v) is 5.70. The van der Waals surface area contributed by atoms with Crippen molar-refractivity contribution in [2.75, 3.05) is 39.3 Å². The number of amides is 1. The maximum atomic E-state index is 11.9. The summed E-state index contributed by atoms with van der Waals surface area (Å²) in [5.74, 6) is 0.325. The average Bonchev–Trinajstić information content (AvgIpc) is 2.53. The molecule has 1 amide bonds. The number of rotatable bonds is 4. The number of piperidine rings is 1. The summed E-state index contributed by atoms with van der Waals surface area (Å²) >= 11 is 0. The molecule has 0 saturated carbocycles. The highest BCUT2D eigenvalue weighted by Gasteiger charge is 2.20. The first-order chi connectivity index (χ1) is 8.75. The second-order valence-electron chi connectivity index (χ2n) is 5.70. The number of nitrogens with one attached hydrogen (secondary N) is 1. The van der Waals surface area contributed by atoms with Gasteiger partial charge in [0.2, 0.25) is 5.91 Å².